The Hall–Kier alpha value is -2.41. The fourth-order valence-corrected chi connectivity index (χ4v) is 2.39. The Bertz CT molecular complexity index is 644. The fourth-order valence-electron chi connectivity index (χ4n) is 2.39. The van der Waals surface area contributed by atoms with Crippen molar-refractivity contribution in [2.24, 2.45) is 0 Å². The van der Waals surface area contributed by atoms with E-state index in [-0.39, 0.29) is 5.89 Å². The SMILES string of the molecule is Cc1nnc(C(=O)Nc2ccc(N3CCN(C)CC3)cc2)o1. The Kier molecular flexibility index (Phi) is 4.06. The average Bonchev–Trinajstić information content (AvgIpc) is 2.96. The molecule has 7 heteroatoms. The number of piperazine rings is 1. The Balaban J connectivity index is 1.63. The van der Waals surface area contributed by atoms with Crippen molar-refractivity contribution in [3.05, 3.63) is 36.0 Å². The Labute approximate surface area is 128 Å². The Morgan fingerprint density at radius 3 is 2.41 bits per heavy atom. The standard InChI is InChI=1S/C15H19N5O2/c1-11-17-18-15(22-11)14(21)16-12-3-5-13(6-4-12)20-9-7-19(2)8-10-20/h3-6H,7-10H2,1-2H3,(H,16,21). The third kappa shape index (κ3) is 3.25. The van der Waals surface area contributed by atoms with Gasteiger partial charge < -0.3 is 19.5 Å². The van der Waals surface area contributed by atoms with E-state index in [1.165, 1.54) is 5.69 Å². The summed E-state index contributed by atoms with van der Waals surface area (Å²) in [5, 5.41) is 10.1. The van der Waals surface area contributed by atoms with Crippen molar-refractivity contribution in [2.45, 2.75) is 6.92 Å². The zero-order chi connectivity index (χ0) is 15.5. The lowest BCUT2D eigenvalue weighted by Gasteiger charge is -2.34. The highest BCUT2D eigenvalue weighted by atomic mass is 16.4. The van der Waals surface area contributed by atoms with Gasteiger partial charge >= 0.3 is 11.8 Å². The van der Waals surface area contributed by atoms with E-state index in [2.05, 4.69) is 32.4 Å². The molecule has 22 heavy (non-hydrogen) atoms. The van der Waals surface area contributed by atoms with Crippen molar-refractivity contribution in [1.82, 2.24) is 15.1 Å². The predicted octanol–water partition coefficient (Wildman–Crippen LogP) is 1.38. The van der Waals surface area contributed by atoms with Crippen LogP contribution in [-0.2, 0) is 0 Å². The van der Waals surface area contributed by atoms with Gasteiger partial charge in [-0.1, -0.05) is 0 Å². The van der Waals surface area contributed by atoms with Crippen LogP contribution in [0.2, 0.25) is 0 Å². The number of benzene rings is 1. The molecule has 1 aromatic carbocycles. The molecule has 0 saturated carbocycles. The lowest BCUT2D eigenvalue weighted by atomic mass is 10.2. The summed E-state index contributed by atoms with van der Waals surface area (Å²) < 4.78 is 5.10. The van der Waals surface area contributed by atoms with Crippen molar-refractivity contribution in [3.63, 3.8) is 0 Å². The monoisotopic (exact) mass is 301 g/mol. The van der Waals surface area contributed by atoms with Crippen molar-refractivity contribution in [2.75, 3.05) is 43.4 Å². The first-order chi connectivity index (χ1) is 10.6. The maximum absolute atomic E-state index is 11.9. The van der Waals surface area contributed by atoms with Crippen LogP contribution in [0.5, 0.6) is 0 Å². The van der Waals surface area contributed by atoms with Crippen LogP contribution in [0.3, 0.4) is 0 Å². The van der Waals surface area contributed by atoms with Gasteiger partial charge in [-0.25, -0.2) is 0 Å². The lowest BCUT2D eigenvalue weighted by molar-refractivity contribution is 0.0989. The second-order valence-electron chi connectivity index (χ2n) is 5.42. The quantitative estimate of drug-likeness (QED) is 0.923. The van der Waals surface area contributed by atoms with Gasteiger partial charge in [0.2, 0.25) is 5.89 Å². The molecule has 1 fully saturated rings. The third-order valence-corrected chi connectivity index (χ3v) is 3.71. The fraction of sp³-hybridized carbons (Fsp3) is 0.400. The zero-order valence-electron chi connectivity index (χ0n) is 12.7. The summed E-state index contributed by atoms with van der Waals surface area (Å²) in [5.74, 6) is -0.0517. The van der Waals surface area contributed by atoms with E-state index in [4.69, 9.17) is 4.42 Å². The number of hydrogen-bond donors (Lipinski definition) is 1. The number of nitrogens with one attached hydrogen (secondary N) is 1. The van der Waals surface area contributed by atoms with E-state index in [1.807, 2.05) is 24.3 Å². The molecule has 1 N–H and O–H groups in total. The van der Waals surface area contributed by atoms with Gasteiger partial charge in [0, 0.05) is 44.5 Å². The summed E-state index contributed by atoms with van der Waals surface area (Å²) in [6, 6.07) is 7.80. The van der Waals surface area contributed by atoms with Gasteiger partial charge in [0.25, 0.3) is 0 Å². The molecule has 1 amide bonds. The summed E-state index contributed by atoms with van der Waals surface area (Å²) in [5.41, 5.74) is 1.87. The lowest BCUT2D eigenvalue weighted by Crippen LogP contribution is -2.44. The van der Waals surface area contributed by atoms with E-state index in [1.54, 1.807) is 6.92 Å². The Morgan fingerprint density at radius 1 is 1.14 bits per heavy atom. The van der Waals surface area contributed by atoms with Crippen molar-refractivity contribution >= 4 is 17.3 Å². The highest BCUT2D eigenvalue weighted by molar-refractivity contribution is 6.00. The maximum atomic E-state index is 11.9. The Morgan fingerprint density at radius 2 is 1.82 bits per heavy atom. The number of amides is 1. The van der Waals surface area contributed by atoms with Gasteiger partial charge in [-0.2, -0.15) is 0 Å². The highest BCUT2D eigenvalue weighted by Gasteiger charge is 2.15. The molecule has 7 nitrogen and oxygen atoms in total. The highest BCUT2D eigenvalue weighted by Crippen LogP contribution is 2.19. The number of anilines is 2. The van der Waals surface area contributed by atoms with Crippen molar-refractivity contribution < 1.29 is 9.21 Å². The molecule has 0 unspecified atom stereocenters. The maximum Gasteiger partial charge on any atom is 0.313 e. The van der Waals surface area contributed by atoms with E-state index in [9.17, 15) is 4.79 Å². The molecule has 0 atom stereocenters. The second-order valence-corrected chi connectivity index (χ2v) is 5.42. The van der Waals surface area contributed by atoms with Crippen LogP contribution >= 0.6 is 0 Å². The van der Waals surface area contributed by atoms with Crippen molar-refractivity contribution in [1.29, 1.82) is 0 Å². The normalized spacial score (nSPS) is 15.8. The van der Waals surface area contributed by atoms with E-state index >= 15 is 0 Å². The molecule has 0 spiro atoms. The number of nitrogens with zero attached hydrogens (tertiary/aromatic N) is 4. The van der Waals surface area contributed by atoms with Crippen molar-refractivity contribution in [3.8, 4) is 0 Å². The van der Waals surface area contributed by atoms with E-state index in [0.29, 0.717) is 11.6 Å². The number of likely N-dealkylation sites (N-methyl/N-ethyl adjacent to an activating group) is 1. The smallest absolute Gasteiger partial charge is 0.313 e. The van der Waals surface area contributed by atoms with Gasteiger partial charge in [-0.15, -0.1) is 10.2 Å². The van der Waals surface area contributed by atoms with E-state index < -0.39 is 5.91 Å². The molecule has 2 aromatic rings. The van der Waals surface area contributed by atoms with Crippen LogP contribution in [0.1, 0.15) is 16.6 Å². The largest absolute Gasteiger partial charge is 0.417 e. The van der Waals surface area contributed by atoms with Crippen LogP contribution in [0.15, 0.2) is 28.7 Å². The number of rotatable bonds is 3. The first kappa shape index (κ1) is 14.5. The van der Waals surface area contributed by atoms with Gasteiger partial charge in [0.05, 0.1) is 0 Å². The predicted molar refractivity (Wildman–Crippen MR) is 83.1 cm³/mol. The van der Waals surface area contributed by atoms with E-state index in [0.717, 1.165) is 26.2 Å². The minimum Gasteiger partial charge on any atom is -0.417 e. The topological polar surface area (TPSA) is 74.5 Å². The molecule has 116 valence electrons. The number of aryl methyl sites for hydroxylation is 1. The second kappa shape index (κ2) is 6.15. The molecule has 3 rings (SSSR count). The van der Waals surface area contributed by atoms with Crippen LogP contribution in [0.25, 0.3) is 0 Å². The number of hydrogen-bond acceptors (Lipinski definition) is 6. The molecule has 0 radical (unpaired) electrons. The molecule has 0 aliphatic carbocycles. The summed E-state index contributed by atoms with van der Waals surface area (Å²) in [6.45, 7) is 5.81. The number of carbonyl (C=O) groups excluding carboxylic acids is 1. The molecule has 1 aromatic heterocycles. The van der Waals surface area contributed by atoms with Crippen LogP contribution < -0.4 is 10.2 Å². The number of carbonyl (C=O) groups is 1. The summed E-state index contributed by atoms with van der Waals surface area (Å²) in [6.07, 6.45) is 0. The minimum absolute atomic E-state index is 0.0272. The van der Waals surface area contributed by atoms with Gasteiger partial charge in [0.15, 0.2) is 0 Å². The summed E-state index contributed by atoms with van der Waals surface area (Å²) in [4.78, 5) is 16.6. The summed E-state index contributed by atoms with van der Waals surface area (Å²) in [7, 11) is 2.13. The summed E-state index contributed by atoms with van der Waals surface area (Å²) >= 11 is 0. The minimum atomic E-state index is -0.395. The molecule has 0 bridgehead atoms. The average molecular weight is 301 g/mol. The molecule has 1 aliphatic rings. The van der Waals surface area contributed by atoms with Crippen LogP contribution in [0, 0.1) is 6.92 Å². The van der Waals surface area contributed by atoms with Gasteiger partial charge in [0.1, 0.15) is 0 Å². The molecule has 2 heterocycles. The van der Waals surface area contributed by atoms with Gasteiger partial charge in [-0.3, -0.25) is 4.79 Å². The number of aromatic nitrogens is 2. The van der Waals surface area contributed by atoms with Crippen LogP contribution in [-0.4, -0.2) is 54.2 Å². The molecule has 1 aliphatic heterocycles. The molecule has 1 saturated heterocycles. The molecular formula is C15H19N5O2. The third-order valence-electron chi connectivity index (χ3n) is 3.71. The first-order valence-electron chi connectivity index (χ1n) is 7.27. The zero-order valence-corrected chi connectivity index (χ0v) is 12.7. The van der Waals surface area contributed by atoms with Crippen LogP contribution in [0.4, 0.5) is 11.4 Å². The van der Waals surface area contributed by atoms with Gasteiger partial charge in [-0.05, 0) is 31.3 Å². The molecular weight excluding hydrogens is 282 g/mol. The first-order valence-corrected chi connectivity index (χ1v) is 7.27.